The van der Waals surface area contributed by atoms with Crippen molar-refractivity contribution < 1.29 is 28.3 Å². The molecule has 0 aliphatic heterocycles. The zero-order chi connectivity index (χ0) is 15.6. The maximum atomic E-state index is 13.4. The van der Waals surface area contributed by atoms with Crippen molar-refractivity contribution in [2.75, 3.05) is 0 Å². The van der Waals surface area contributed by atoms with Gasteiger partial charge in [0, 0.05) is 12.1 Å². The van der Waals surface area contributed by atoms with Crippen LogP contribution in [0.25, 0.3) is 0 Å². The number of benzene rings is 2. The van der Waals surface area contributed by atoms with Gasteiger partial charge in [0.1, 0.15) is 17.4 Å². The number of hydrogen-bond acceptors (Lipinski definition) is 4. The van der Waals surface area contributed by atoms with Gasteiger partial charge in [0.2, 0.25) is 5.75 Å². The van der Waals surface area contributed by atoms with E-state index in [9.17, 15) is 23.7 Å². The molecule has 0 aliphatic carbocycles. The van der Waals surface area contributed by atoms with E-state index >= 15 is 0 Å². The van der Waals surface area contributed by atoms with E-state index in [1.54, 1.807) is 0 Å². The Morgan fingerprint density at radius 1 is 1.24 bits per heavy atom. The Hall–Kier alpha value is -3.03. The van der Waals surface area contributed by atoms with Crippen LogP contribution in [0, 0.1) is 21.7 Å². The molecule has 0 radical (unpaired) electrons. The number of nitro benzene ring substituents is 1. The lowest BCUT2D eigenvalue weighted by Crippen LogP contribution is -2.03. The van der Waals surface area contributed by atoms with Gasteiger partial charge < -0.3 is 9.84 Å². The third-order valence-electron chi connectivity index (χ3n) is 2.50. The molecule has 0 saturated heterocycles. The van der Waals surface area contributed by atoms with Crippen LogP contribution in [0.15, 0.2) is 36.4 Å². The molecule has 0 unspecified atom stereocenters. The van der Waals surface area contributed by atoms with Gasteiger partial charge in [0.25, 0.3) is 0 Å². The molecule has 0 bridgehead atoms. The van der Waals surface area contributed by atoms with Crippen LogP contribution >= 0.6 is 0 Å². The molecule has 0 spiro atoms. The predicted molar refractivity (Wildman–Crippen MR) is 66.5 cm³/mol. The highest BCUT2D eigenvalue weighted by Crippen LogP contribution is 2.33. The van der Waals surface area contributed by atoms with Crippen LogP contribution in [0.2, 0.25) is 0 Å². The molecule has 0 aromatic heterocycles. The molecule has 2 rings (SSSR count). The molecule has 0 saturated carbocycles. The molecule has 8 heteroatoms. The van der Waals surface area contributed by atoms with Gasteiger partial charge >= 0.3 is 11.7 Å². The fourth-order valence-electron chi connectivity index (χ4n) is 1.59. The number of ether oxygens (including phenoxy) is 1. The Morgan fingerprint density at radius 3 is 2.52 bits per heavy atom. The summed E-state index contributed by atoms with van der Waals surface area (Å²) in [6.07, 6.45) is 0. The molecular weight excluding hydrogens is 288 g/mol. The third-order valence-corrected chi connectivity index (χ3v) is 2.50. The van der Waals surface area contributed by atoms with Crippen LogP contribution in [-0.2, 0) is 0 Å². The van der Waals surface area contributed by atoms with Crippen molar-refractivity contribution in [1.29, 1.82) is 0 Å². The van der Waals surface area contributed by atoms with E-state index in [0.717, 1.165) is 12.1 Å². The standard InChI is InChI=1S/C13H7F2NO5/c14-7-2-1-3-8(4-7)21-12-5-9(13(17)18)10(15)6-11(12)16(19)20/h1-6H,(H,17,18). The highest BCUT2D eigenvalue weighted by atomic mass is 19.1. The summed E-state index contributed by atoms with van der Waals surface area (Å²) in [5.74, 6) is -4.09. The average molecular weight is 295 g/mol. The van der Waals surface area contributed by atoms with E-state index < -0.39 is 39.5 Å². The van der Waals surface area contributed by atoms with Crippen LogP contribution in [0.1, 0.15) is 10.4 Å². The summed E-state index contributed by atoms with van der Waals surface area (Å²) in [6.45, 7) is 0. The zero-order valence-electron chi connectivity index (χ0n) is 10.2. The van der Waals surface area contributed by atoms with Gasteiger partial charge in [-0.25, -0.2) is 13.6 Å². The Bertz CT molecular complexity index is 732. The van der Waals surface area contributed by atoms with Crippen molar-refractivity contribution >= 4 is 11.7 Å². The Kier molecular flexibility index (Phi) is 3.79. The average Bonchev–Trinajstić information content (AvgIpc) is 2.39. The summed E-state index contributed by atoms with van der Waals surface area (Å²) in [4.78, 5) is 20.8. The third kappa shape index (κ3) is 3.11. The van der Waals surface area contributed by atoms with Gasteiger partial charge in [0.05, 0.1) is 16.6 Å². The molecule has 2 aromatic rings. The second kappa shape index (κ2) is 5.53. The minimum absolute atomic E-state index is 0.0824. The lowest BCUT2D eigenvalue weighted by molar-refractivity contribution is -0.385. The van der Waals surface area contributed by atoms with Gasteiger partial charge in [0.15, 0.2) is 0 Å². The molecule has 108 valence electrons. The summed E-state index contributed by atoms with van der Waals surface area (Å²) in [6, 6.07) is 5.83. The molecule has 1 N–H and O–H groups in total. The fourth-order valence-corrected chi connectivity index (χ4v) is 1.59. The van der Waals surface area contributed by atoms with E-state index in [1.165, 1.54) is 12.1 Å². The van der Waals surface area contributed by atoms with Crippen LogP contribution in [0.3, 0.4) is 0 Å². The molecular formula is C13H7F2NO5. The first-order chi connectivity index (χ1) is 9.88. The SMILES string of the molecule is O=C(O)c1cc(Oc2cccc(F)c2)c([N+](=O)[O-])cc1F. The molecule has 21 heavy (non-hydrogen) atoms. The summed E-state index contributed by atoms with van der Waals surface area (Å²) in [7, 11) is 0. The topological polar surface area (TPSA) is 89.7 Å². The Labute approximate surface area is 116 Å². The lowest BCUT2D eigenvalue weighted by Gasteiger charge is -2.08. The number of hydrogen-bond donors (Lipinski definition) is 1. The normalized spacial score (nSPS) is 10.2. The number of rotatable bonds is 4. The molecule has 2 aromatic carbocycles. The Balaban J connectivity index is 2.52. The summed E-state index contributed by atoms with van der Waals surface area (Å²) < 4.78 is 31.6. The molecule has 0 fully saturated rings. The van der Waals surface area contributed by atoms with Gasteiger partial charge in [-0.05, 0) is 12.1 Å². The van der Waals surface area contributed by atoms with Crippen molar-refractivity contribution in [2.24, 2.45) is 0 Å². The van der Waals surface area contributed by atoms with Gasteiger partial charge in [-0.1, -0.05) is 6.07 Å². The van der Waals surface area contributed by atoms with Gasteiger partial charge in [-0.2, -0.15) is 0 Å². The van der Waals surface area contributed by atoms with Crippen LogP contribution in [-0.4, -0.2) is 16.0 Å². The first kappa shape index (κ1) is 14.4. The number of halogens is 2. The highest BCUT2D eigenvalue weighted by Gasteiger charge is 2.23. The number of nitro groups is 1. The number of carbonyl (C=O) groups is 1. The molecule has 0 amide bonds. The highest BCUT2D eigenvalue weighted by molar-refractivity contribution is 5.89. The summed E-state index contributed by atoms with van der Waals surface area (Å²) >= 11 is 0. The lowest BCUT2D eigenvalue weighted by atomic mass is 10.1. The fraction of sp³-hybridized carbons (Fsp3) is 0. The second-order valence-corrected chi connectivity index (χ2v) is 3.92. The summed E-state index contributed by atoms with van der Waals surface area (Å²) in [5, 5.41) is 19.7. The van der Waals surface area contributed by atoms with Crippen LogP contribution in [0.4, 0.5) is 14.5 Å². The van der Waals surface area contributed by atoms with E-state index in [-0.39, 0.29) is 5.75 Å². The van der Waals surface area contributed by atoms with Gasteiger partial charge in [-0.15, -0.1) is 0 Å². The quantitative estimate of drug-likeness (QED) is 0.690. The van der Waals surface area contributed by atoms with E-state index in [0.29, 0.717) is 12.1 Å². The molecule has 6 nitrogen and oxygen atoms in total. The largest absolute Gasteiger partial charge is 0.478 e. The molecule has 0 heterocycles. The molecule has 0 aliphatic rings. The number of carboxylic acids is 1. The number of carboxylic acid groups (broad SMARTS) is 1. The molecule has 0 atom stereocenters. The minimum atomic E-state index is -1.61. The summed E-state index contributed by atoms with van der Waals surface area (Å²) in [5.41, 5.74) is -1.55. The predicted octanol–water partition coefficient (Wildman–Crippen LogP) is 3.36. The maximum absolute atomic E-state index is 13.4. The monoisotopic (exact) mass is 295 g/mol. The minimum Gasteiger partial charge on any atom is -0.478 e. The maximum Gasteiger partial charge on any atom is 0.338 e. The van der Waals surface area contributed by atoms with Crippen molar-refractivity contribution in [1.82, 2.24) is 0 Å². The van der Waals surface area contributed by atoms with Crippen LogP contribution in [0.5, 0.6) is 11.5 Å². The first-order valence-electron chi connectivity index (χ1n) is 5.53. The first-order valence-corrected chi connectivity index (χ1v) is 5.53. The van der Waals surface area contributed by atoms with Crippen LogP contribution < -0.4 is 4.74 Å². The zero-order valence-corrected chi connectivity index (χ0v) is 10.2. The van der Waals surface area contributed by atoms with Crippen molar-refractivity contribution in [3.8, 4) is 11.5 Å². The number of nitrogens with zero attached hydrogens (tertiary/aromatic N) is 1. The number of aromatic carboxylic acids is 1. The second-order valence-electron chi connectivity index (χ2n) is 3.92. The van der Waals surface area contributed by atoms with E-state index in [2.05, 4.69) is 0 Å². The Morgan fingerprint density at radius 2 is 1.95 bits per heavy atom. The van der Waals surface area contributed by atoms with Crippen molar-refractivity contribution in [3.63, 3.8) is 0 Å². The van der Waals surface area contributed by atoms with Crippen molar-refractivity contribution in [2.45, 2.75) is 0 Å². The smallest absolute Gasteiger partial charge is 0.338 e. The van der Waals surface area contributed by atoms with Crippen molar-refractivity contribution in [3.05, 3.63) is 63.7 Å². The van der Waals surface area contributed by atoms with Gasteiger partial charge in [-0.3, -0.25) is 10.1 Å². The van der Waals surface area contributed by atoms with E-state index in [1.807, 2.05) is 0 Å². The van der Waals surface area contributed by atoms with E-state index in [4.69, 9.17) is 9.84 Å².